The first-order chi connectivity index (χ1) is 8.75. The minimum absolute atomic E-state index is 0.286. The van der Waals surface area contributed by atoms with Crippen LogP contribution in [0.25, 0.3) is 0 Å². The maximum atomic E-state index is 12.5. The van der Waals surface area contributed by atoms with E-state index >= 15 is 0 Å². The van der Waals surface area contributed by atoms with Crippen molar-refractivity contribution in [3.63, 3.8) is 0 Å². The van der Waals surface area contributed by atoms with Crippen LogP contribution in [0.4, 0.5) is 13.2 Å². The summed E-state index contributed by atoms with van der Waals surface area (Å²) in [6.45, 7) is 1.97. The number of carbonyl (C=O) groups is 1. The van der Waals surface area contributed by atoms with Gasteiger partial charge in [0, 0.05) is 6.54 Å². The molecule has 19 heavy (non-hydrogen) atoms. The van der Waals surface area contributed by atoms with Crippen LogP contribution in [0.15, 0.2) is 0 Å². The molecule has 1 fully saturated rings. The SMILES string of the molecule is CCC1(C(=O)O)CCN(CC(C#N)C(F)(F)F)CC1. The van der Waals surface area contributed by atoms with Crippen molar-refractivity contribution >= 4 is 5.97 Å². The quantitative estimate of drug-likeness (QED) is 0.856. The van der Waals surface area contributed by atoms with Gasteiger partial charge in [-0.2, -0.15) is 18.4 Å². The van der Waals surface area contributed by atoms with Crippen molar-refractivity contribution in [2.24, 2.45) is 11.3 Å². The Hall–Kier alpha value is -1.29. The number of carboxylic acid groups (broad SMARTS) is 1. The van der Waals surface area contributed by atoms with Crippen LogP contribution in [0.2, 0.25) is 0 Å². The topological polar surface area (TPSA) is 64.3 Å². The molecule has 0 aromatic heterocycles. The van der Waals surface area contributed by atoms with Gasteiger partial charge in [0.15, 0.2) is 5.92 Å². The molecule has 0 bridgehead atoms. The lowest BCUT2D eigenvalue weighted by Gasteiger charge is -2.39. The second-order valence-electron chi connectivity index (χ2n) is 4.96. The van der Waals surface area contributed by atoms with Crippen LogP contribution in [0.1, 0.15) is 26.2 Å². The summed E-state index contributed by atoms with van der Waals surface area (Å²) in [5.41, 5.74) is -0.823. The highest BCUT2D eigenvalue weighted by Crippen LogP contribution is 2.36. The van der Waals surface area contributed by atoms with Gasteiger partial charge in [-0.05, 0) is 32.4 Å². The van der Waals surface area contributed by atoms with Crippen LogP contribution >= 0.6 is 0 Å². The number of hydrogen-bond donors (Lipinski definition) is 1. The fourth-order valence-corrected chi connectivity index (χ4v) is 2.36. The highest BCUT2D eigenvalue weighted by molar-refractivity contribution is 5.74. The Kier molecular flexibility index (Phi) is 4.80. The van der Waals surface area contributed by atoms with E-state index in [2.05, 4.69) is 0 Å². The number of carboxylic acids is 1. The summed E-state index contributed by atoms with van der Waals surface area (Å²) >= 11 is 0. The zero-order chi connectivity index (χ0) is 14.7. The van der Waals surface area contributed by atoms with E-state index < -0.39 is 23.5 Å². The summed E-state index contributed by atoms with van der Waals surface area (Å²) in [5.74, 6) is -2.89. The Bertz CT molecular complexity index is 368. The van der Waals surface area contributed by atoms with E-state index in [0.717, 1.165) is 0 Å². The lowest BCUT2D eigenvalue weighted by atomic mass is 9.76. The number of piperidine rings is 1. The second kappa shape index (κ2) is 5.78. The minimum Gasteiger partial charge on any atom is -0.481 e. The van der Waals surface area contributed by atoms with Crippen molar-refractivity contribution in [2.75, 3.05) is 19.6 Å². The van der Waals surface area contributed by atoms with Crippen molar-refractivity contribution in [1.29, 1.82) is 5.26 Å². The number of alkyl halides is 3. The normalized spacial score (nSPS) is 21.6. The molecule has 108 valence electrons. The minimum atomic E-state index is -4.53. The summed E-state index contributed by atoms with van der Waals surface area (Å²) in [6.07, 6.45) is -3.40. The number of halogens is 3. The lowest BCUT2D eigenvalue weighted by molar-refractivity contribution is -0.166. The van der Waals surface area contributed by atoms with E-state index in [1.165, 1.54) is 11.0 Å². The Balaban J connectivity index is 2.60. The average molecular weight is 278 g/mol. The summed E-state index contributed by atoms with van der Waals surface area (Å²) in [7, 11) is 0. The van der Waals surface area contributed by atoms with Gasteiger partial charge < -0.3 is 10.0 Å². The van der Waals surface area contributed by atoms with E-state index in [-0.39, 0.29) is 19.6 Å². The molecule has 1 unspecified atom stereocenters. The van der Waals surface area contributed by atoms with Crippen LogP contribution < -0.4 is 0 Å². The number of hydrogen-bond acceptors (Lipinski definition) is 3. The number of rotatable bonds is 4. The van der Waals surface area contributed by atoms with Crippen molar-refractivity contribution in [1.82, 2.24) is 4.90 Å². The van der Waals surface area contributed by atoms with Crippen LogP contribution in [-0.4, -0.2) is 41.8 Å². The highest BCUT2D eigenvalue weighted by Gasteiger charge is 2.44. The lowest BCUT2D eigenvalue weighted by Crippen LogP contribution is -2.46. The van der Waals surface area contributed by atoms with E-state index in [4.69, 9.17) is 5.26 Å². The average Bonchev–Trinajstić information content (AvgIpc) is 2.35. The molecule has 4 nitrogen and oxygen atoms in total. The van der Waals surface area contributed by atoms with Crippen LogP contribution in [0.5, 0.6) is 0 Å². The number of nitriles is 1. The Morgan fingerprint density at radius 2 is 2.00 bits per heavy atom. The number of nitrogens with zero attached hydrogens (tertiary/aromatic N) is 2. The van der Waals surface area contributed by atoms with Crippen molar-refractivity contribution in [3.8, 4) is 6.07 Å². The Morgan fingerprint density at radius 1 is 1.47 bits per heavy atom. The van der Waals surface area contributed by atoms with Gasteiger partial charge in [0.1, 0.15) is 0 Å². The zero-order valence-corrected chi connectivity index (χ0v) is 10.7. The summed E-state index contributed by atoms with van der Waals surface area (Å²) in [5, 5.41) is 17.7. The predicted molar refractivity (Wildman–Crippen MR) is 61.2 cm³/mol. The van der Waals surface area contributed by atoms with Gasteiger partial charge in [-0.1, -0.05) is 6.92 Å². The highest BCUT2D eigenvalue weighted by atomic mass is 19.4. The van der Waals surface area contributed by atoms with E-state index in [1.54, 1.807) is 6.92 Å². The number of aliphatic carboxylic acids is 1. The monoisotopic (exact) mass is 278 g/mol. The summed E-state index contributed by atoms with van der Waals surface area (Å²) in [4.78, 5) is 12.7. The molecule has 1 saturated heterocycles. The zero-order valence-electron chi connectivity index (χ0n) is 10.7. The van der Waals surface area contributed by atoms with Crippen LogP contribution in [0, 0.1) is 22.7 Å². The molecule has 1 aliphatic heterocycles. The molecule has 0 aromatic carbocycles. The smallest absolute Gasteiger partial charge is 0.405 e. The Morgan fingerprint density at radius 3 is 2.32 bits per heavy atom. The molecule has 0 amide bonds. The molecule has 0 radical (unpaired) electrons. The molecule has 1 rings (SSSR count). The first kappa shape index (κ1) is 15.8. The van der Waals surface area contributed by atoms with Gasteiger partial charge in [-0.15, -0.1) is 0 Å². The third-order valence-electron chi connectivity index (χ3n) is 3.94. The molecule has 0 saturated carbocycles. The molecule has 1 aliphatic rings. The van der Waals surface area contributed by atoms with Crippen LogP contribution in [-0.2, 0) is 4.79 Å². The molecular weight excluding hydrogens is 261 g/mol. The fourth-order valence-electron chi connectivity index (χ4n) is 2.36. The fraction of sp³-hybridized carbons (Fsp3) is 0.833. The standard InChI is InChI=1S/C12H17F3N2O2/c1-2-11(10(18)19)3-5-17(6-4-11)8-9(7-16)12(13,14)15/h9H,2-6,8H2,1H3,(H,18,19). The van der Waals surface area contributed by atoms with E-state index in [1.807, 2.05) is 0 Å². The third kappa shape index (κ3) is 3.60. The molecule has 7 heteroatoms. The number of likely N-dealkylation sites (tertiary alicyclic amines) is 1. The Labute approximate surface area is 109 Å². The van der Waals surface area contributed by atoms with Crippen molar-refractivity contribution < 1.29 is 23.1 Å². The third-order valence-corrected chi connectivity index (χ3v) is 3.94. The van der Waals surface area contributed by atoms with E-state index in [0.29, 0.717) is 19.3 Å². The van der Waals surface area contributed by atoms with Gasteiger partial charge in [0.05, 0.1) is 11.5 Å². The van der Waals surface area contributed by atoms with Crippen molar-refractivity contribution in [3.05, 3.63) is 0 Å². The molecule has 0 aliphatic carbocycles. The molecule has 0 spiro atoms. The molecule has 1 heterocycles. The summed E-state index contributed by atoms with van der Waals surface area (Å²) in [6, 6.07) is 1.26. The molecular formula is C12H17F3N2O2. The van der Waals surface area contributed by atoms with Gasteiger partial charge in [0.25, 0.3) is 0 Å². The summed E-state index contributed by atoms with van der Waals surface area (Å²) < 4.78 is 37.4. The first-order valence-electron chi connectivity index (χ1n) is 6.17. The van der Waals surface area contributed by atoms with Gasteiger partial charge in [0.2, 0.25) is 0 Å². The second-order valence-corrected chi connectivity index (χ2v) is 4.96. The molecule has 1 atom stereocenters. The van der Waals surface area contributed by atoms with E-state index in [9.17, 15) is 23.1 Å². The maximum absolute atomic E-state index is 12.5. The van der Waals surface area contributed by atoms with Gasteiger partial charge in [-0.3, -0.25) is 4.79 Å². The predicted octanol–water partition coefficient (Wildman–Crippen LogP) is 2.27. The molecule has 1 N–H and O–H groups in total. The van der Waals surface area contributed by atoms with Crippen molar-refractivity contribution in [2.45, 2.75) is 32.4 Å². The van der Waals surface area contributed by atoms with Gasteiger partial charge >= 0.3 is 12.1 Å². The first-order valence-corrected chi connectivity index (χ1v) is 6.17. The maximum Gasteiger partial charge on any atom is 0.405 e. The van der Waals surface area contributed by atoms with Crippen LogP contribution in [0.3, 0.4) is 0 Å². The largest absolute Gasteiger partial charge is 0.481 e. The van der Waals surface area contributed by atoms with Gasteiger partial charge in [-0.25, -0.2) is 0 Å². The molecule has 0 aromatic rings.